The van der Waals surface area contributed by atoms with Crippen molar-refractivity contribution in [2.45, 2.75) is 30.7 Å². The summed E-state index contributed by atoms with van der Waals surface area (Å²) < 4.78 is 0. The van der Waals surface area contributed by atoms with Gasteiger partial charge in [-0.15, -0.1) is 11.3 Å². The van der Waals surface area contributed by atoms with Gasteiger partial charge >= 0.3 is 0 Å². The van der Waals surface area contributed by atoms with Gasteiger partial charge in [-0.25, -0.2) is 4.98 Å². The Morgan fingerprint density at radius 1 is 1.44 bits per heavy atom. The molecular formula is C16H14N4O3S2. The molecular weight excluding hydrogens is 360 g/mol. The number of nitrogens with zero attached hydrogens (tertiary/aromatic N) is 3. The first-order valence-electron chi connectivity index (χ1n) is 7.66. The Morgan fingerprint density at radius 3 is 2.92 bits per heavy atom. The SMILES string of the molecule is N#Cc1c(NC(=O)CSc2ccc([N+](=O)[O-])cn2)sc2c1CCCC2. The number of hydrogen-bond acceptors (Lipinski definition) is 7. The molecule has 0 radical (unpaired) electrons. The topological polar surface area (TPSA) is 109 Å². The molecule has 25 heavy (non-hydrogen) atoms. The molecule has 1 N–H and O–H groups in total. The van der Waals surface area contributed by atoms with Crippen molar-refractivity contribution in [3.63, 3.8) is 0 Å². The van der Waals surface area contributed by atoms with Crippen molar-refractivity contribution >= 4 is 39.7 Å². The molecule has 1 amide bonds. The predicted molar refractivity (Wildman–Crippen MR) is 95.9 cm³/mol. The van der Waals surface area contributed by atoms with Crippen LogP contribution in [-0.4, -0.2) is 21.6 Å². The second-order valence-corrected chi connectivity index (χ2v) is 7.58. The molecule has 7 nitrogen and oxygen atoms in total. The largest absolute Gasteiger partial charge is 0.316 e. The zero-order chi connectivity index (χ0) is 17.8. The van der Waals surface area contributed by atoms with E-state index in [0.717, 1.165) is 31.2 Å². The number of carbonyl (C=O) groups excluding carboxylic acids is 1. The Bertz CT molecular complexity index is 856. The lowest BCUT2D eigenvalue weighted by molar-refractivity contribution is -0.385. The van der Waals surface area contributed by atoms with Gasteiger partial charge in [-0.1, -0.05) is 11.8 Å². The van der Waals surface area contributed by atoms with E-state index < -0.39 is 4.92 Å². The molecule has 0 aliphatic heterocycles. The van der Waals surface area contributed by atoms with Crippen LogP contribution < -0.4 is 5.32 Å². The van der Waals surface area contributed by atoms with Crippen LogP contribution in [0.3, 0.4) is 0 Å². The van der Waals surface area contributed by atoms with E-state index in [0.29, 0.717) is 15.6 Å². The maximum atomic E-state index is 12.2. The molecule has 2 aromatic rings. The molecule has 0 spiro atoms. The highest BCUT2D eigenvalue weighted by atomic mass is 32.2. The second kappa shape index (κ2) is 7.63. The number of aromatic nitrogens is 1. The lowest BCUT2D eigenvalue weighted by Gasteiger charge is -2.09. The summed E-state index contributed by atoms with van der Waals surface area (Å²) in [6.07, 6.45) is 5.22. The number of pyridine rings is 1. The monoisotopic (exact) mass is 374 g/mol. The van der Waals surface area contributed by atoms with Crippen LogP contribution >= 0.6 is 23.1 Å². The quantitative estimate of drug-likeness (QED) is 0.487. The summed E-state index contributed by atoms with van der Waals surface area (Å²) in [6.45, 7) is 0. The Morgan fingerprint density at radius 2 is 2.24 bits per heavy atom. The van der Waals surface area contributed by atoms with E-state index in [9.17, 15) is 20.2 Å². The molecule has 0 saturated carbocycles. The van der Waals surface area contributed by atoms with E-state index in [1.54, 1.807) is 0 Å². The van der Waals surface area contributed by atoms with E-state index in [4.69, 9.17) is 0 Å². The summed E-state index contributed by atoms with van der Waals surface area (Å²) in [5.74, 6) is -0.0987. The van der Waals surface area contributed by atoms with Crippen LogP contribution in [0.25, 0.3) is 0 Å². The zero-order valence-corrected chi connectivity index (χ0v) is 14.8. The van der Waals surface area contributed by atoms with Gasteiger partial charge in [-0.05, 0) is 37.3 Å². The van der Waals surface area contributed by atoms with Crippen LogP contribution in [0.5, 0.6) is 0 Å². The number of thiophene rings is 1. The third kappa shape index (κ3) is 3.97. The molecule has 1 aliphatic rings. The first kappa shape index (κ1) is 17.4. The van der Waals surface area contributed by atoms with E-state index in [2.05, 4.69) is 16.4 Å². The number of nitriles is 1. The first-order chi connectivity index (χ1) is 12.1. The van der Waals surface area contributed by atoms with Gasteiger partial charge in [0.2, 0.25) is 5.91 Å². The molecule has 3 rings (SSSR count). The van der Waals surface area contributed by atoms with Gasteiger partial charge in [0, 0.05) is 10.9 Å². The number of nitro groups is 1. The number of aryl methyl sites for hydroxylation is 1. The zero-order valence-electron chi connectivity index (χ0n) is 13.2. The van der Waals surface area contributed by atoms with Gasteiger partial charge in [0.05, 0.1) is 21.3 Å². The smallest absolute Gasteiger partial charge is 0.287 e. The molecule has 0 aromatic carbocycles. The normalized spacial score (nSPS) is 12.9. The van der Waals surface area contributed by atoms with Crippen molar-refractivity contribution in [3.8, 4) is 6.07 Å². The fourth-order valence-electron chi connectivity index (χ4n) is 2.64. The Balaban J connectivity index is 1.62. The predicted octanol–water partition coefficient (Wildman–Crippen LogP) is 3.53. The molecule has 2 aromatic heterocycles. The standard InChI is InChI=1S/C16H14N4O3S2/c17-7-12-11-3-1-2-4-13(11)25-16(12)19-14(21)9-24-15-6-5-10(8-18-15)20(22)23/h5-6,8H,1-4,9H2,(H,19,21). The summed E-state index contributed by atoms with van der Waals surface area (Å²) in [6, 6.07) is 5.08. The van der Waals surface area contributed by atoms with Gasteiger partial charge < -0.3 is 5.32 Å². The van der Waals surface area contributed by atoms with Gasteiger partial charge in [0.1, 0.15) is 17.3 Å². The van der Waals surface area contributed by atoms with E-state index in [-0.39, 0.29) is 17.3 Å². The number of rotatable bonds is 5. The summed E-state index contributed by atoms with van der Waals surface area (Å²) >= 11 is 2.68. The molecule has 0 bridgehead atoms. The van der Waals surface area contributed by atoms with Crippen molar-refractivity contribution in [1.82, 2.24) is 4.98 Å². The van der Waals surface area contributed by atoms with Crippen molar-refractivity contribution in [3.05, 3.63) is 44.4 Å². The van der Waals surface area contributed by atoms with Crippen molar-refractivity contribution in [1.29, 1.82) is 5.26 Å². The highest BCUT2D eigenvalue weighted by Crippen LogP contribution is 2.37. The van der Waals surface area contributed by atoms with Crippen LogP contribution in [0.4, 0.5) is 10.7 Å². The molecule has 0 unspecified atom stereocenters. The van der Waals surface area contributed by atoms with Crippen LogP contribution in [0.15, 0.2) is 23.4 Å². The van der Waals surface area contributed by atoms with Crippen LogP contribution in [0.2, 0.25) is 0 Å². The van der Waals surface area contributed by atoms with Gasteiger partial charge in [-0.3, -0.25) is 14.9 Å². The number of hydrogen-bond donors (Lipinski definition) is 1. The molecule has 128 valence electrons. The minimum atomic E-state index is -0.518. The highest BCUT2D eigenvalue weighted by molar-refractivity contribution is 7.99. The maximum absolute atomic E-state index is 12.2. The Labute approximate surface area is 152 Å². The van der Waals surface area contributed by atoms with E-state index in [1.165, 1.54) is 46.3 Å². The second-order valence-electron chi connectivity index (χ2n) is 5.48. The van der Waals surface area contributed by atoms with Crippen LogP contribution in [0.1, 0.15) is 28.8 Å². The van der Waals surface area contributed by atoms with Crippen LogP contribution in [0, 0.1) is 21.4 Å². The summed E-state index contributed by atoms with van der Waals surface area (Å²) in [5.41, 5.74) is 1.59. The lowest BCUT2D eigenvalue weighted by Crippen LogP contribution is -2.14. The molecule has 0 fully saturated rings. The Kier molecular flexibility index (Phi) is 5.31. The third-order valence-electron chi connectivity index (χ3n) is 3.82. The number of carbonyl (C=O) groups is 1. The minimum absolute atomic E-state index is 0.0865. The maximum Gasteiger partial charge on any atom is 0.287 e. The summed E-state index contributed by atoms with van der Waals surface area (Å²) in [4.78, 5) is 27.4. The third-order valence-corrected chi connectivity index (χ3v) is 5.97. The van der Waals surface area contributed by atoms with Crippen molar-refractivity contribution in [2.24, 2.45) is 0 Å². The number of thioether (sulfide) groups is 1. The average Bonchev–Trinajstić information content (AvgIpc) is 2.97. The highest BCUT2D eigenvalue weighted by Gasteiger charge is 2.21. The molecule has 9 heteroatoms. The van der Waals surface area contributed by atoms with E-state index in [1.807, 2.05) is 0 Å². The fraction of sp³-hybridized carbons (Fsp3) is 0.312. The average molecular weight is 374 g/mol. The van der Waals surface area contributed by atoms with E-state index >= 15 is 0 Å². The molecule has 0 atom stereocenters. The molecule has 1 aliphatic carbocycles. The fourth-order valence-corrected chi connectivity index (χ4v) is 4.54. The van der Waals surface area contributed by atoms with Gasteiger partial charge in [0.15, 0.2) is 0 Å². The van der Waals surface area contributed by atoms with Crippen molar-refractivity contribution < 1.29 is 9.72 Å². The van der Waals surface area contributed by atoms with Gasteiger partial charge in [-0.2, -0.15) is 5.26 Å². The molecule has 2 heterocycles. The van der Waals surface area contributed by atoms with Gasteiger partial charge in [0.25, 0.3) is 5.69 Å². The Hall–Kier alpha value is -2.44. The summed E-state index contributed by atoms with van der Waals surface area (Å²) in [7, 11) is 0. The first-order valence-corrected chi connectivity index (χ1v) is 9.46. The number of amides is 1. The number of nitrogens with one attached hydrogen (secondary N) is 1. The number of anilines is 1. The van der Waals surface area contributed by atoms with Crippen molar-refractivity contribution in [2.75, 3.05) is 11.1 Å². The lowest BCUT2D eigenvalue weighted by atomic mass is 9.96. The van der Waals surface area contributed by atoms with Crippen LogP contribution in [-0.2, 0) is 17.6 Å². The summed E-state index contributed by atoms with van der Waals surface area (Å²) in [5, 5.41) is 24.0. The number of fused-ring (bicyclic) bond motifs is 1. The minimum Gasteiger partial charge on any atom is -0.316 e. The molecule has 0 saturated heterocycles.